The summed E-state index contributed by atoms with van der Waals surface area (Å²) >= 11 is 0. The predicted molar refractivity (Wildman–Crippen MR) is 70.7 cm³/mol. The average molecular weight is 255 g/mol. The van der Waals surface area contributed by atoms with E-state index in [0.29, 0.717) is 22.9 Å². The number of carbonyl (C=O) groups excluding carboxylic acids is 2. The van der Waals surface area contributed by atoms with E-state index in [1.807, 2.05) is 12.1 Å². The summed E-state index contributed by atoms with van der Waals surface area (Å²) in [7, 11) is 0. The van der Waals surface area contributed by atoms with Crippen LogP contribution in [0, 0.1) is 0 Å². The molecule has 1 atom stereocenters. The van der Waals surface area contributed by atoms with E-state index in [2.05, 4.69) is 0 Å². The SMILES string of the molecule is CCC(O)N1C(=O)c2cccc3cccc(c23)C1=O. The van der Waals surface area contributed by atoms with Gasteiger partial charge in [0, 0.05) is 16.5 Å². The lowest BCUT2D eigenvalue weighted by Gasteiger charge is -2.30. The standard InChI is InChI=1S/C15H13NO3/c1-2-12(17)16-14(18)10-7-3-5-9-6-4-8-11(13(9)10)15(16)19/h3-8,12,17H,2H2,1H3. The Balaban J connectivity index is 2.31. The largest absolute Gasteiger partial charge is 0.373 e. The Labute approximate surface area is 110 Å². The van der Waals surface area contributed by atoms with E-state index >= 15 is 0 Å². The van der Waals surface area contributed by atoms with E-state index in [0.717, 1.165) is 10.3 Å². The van der Waals surface area contributed by atoms with Gasteiger partial charge in [0.05, 0.1) is 0 Å². The van der Waals surface area contributed by atoms with Crippen LogP contribution in [0.5, 0.6) is 0 Å². The van der Waals surface area contributed by atoms with Gasteiger partial charge in [0.15, 0.2) is 0 Å². The first-order valence-corrected chi connectivity index (χ1v) is 6.23. The zero-order valence-electron chi connectivity index (χ0n) is 10.5. The number of nitrogens with zero attached hydrogens (tertiary/aromatic N) is 1. The van der Waals surface area contributed by atoms with Crippen molar-refractivity contribution in [2.75, 3.05) is 0 Å². The van der Waals surface area contributed by atoms with Crippen molar-refractivity contribution in [1.82, 2.24) is 4.90 Å². The van der Waals surface area contributed by atoms with E-state index < -0.39 is 18.0 Å². The quantitative estimate of drug-likeness (QED) is 0.837. The molecule has 0 radical (unpaired) electrons. The smallest absolute Gasteiger partial charge is 0.263 e. The van der Waals surface area contributed by atoms with Gasteiger partial charge < -0.3 is 5.11 Å². The predicted octanol–water partition coefficient (Wildman–Crippen LogP) is 2.16. The molecule has 1 unspecified atom stereocenters. The zero-order valence-corrected chi connectivity index (χ0v) is 10.5. The Morgan fingerprint density at radius 1 is 1.05 bits per heavy atom. The molecule has 0 fully saturated rings. The topological polar surface area (TPSA) is 57.6 Å². The Kier molecular flexibility index (Phi) is 2.61. The van der Waals surface area contributed by atoms with Gasteiger partial charge in [-0.3, -0.25) is 9.59 Å². The highest BCUT2D eigenvalue weighted by Crippen LogP contribution is 2.30. The molecule has 0 spiro atoms. The first kappa shape index (κ1) is 11.9. The van der Waals surface area contributed by atoms with Crippen molar-refractivity contribution in [1.29, 1.82) is 0 Å². The van der Waals surface area contributed by atoms with E-state index in [9.17, 15) is 14.7 Å². The molecule has 0 saturated heterocycles. The van der Waals surface area contributed by atoms with Crippen molar-refractivity contribution in [2.24, 2.45) is 0 Å². The molecule has 1 aliphatic rings. The van der Waals surface area contributed by atoms with Gasteiger partial charge in [-0.2, -0.15) is 0 Å². The fraction of sp³-hybridized carbons (Fsp3) is 0.200. The van der Waals surface area contributed by atoms with Crippen LogP contribution in [0.4, 0.5) is 0 Å². The molecule has 0 bridgehead atoms. The Bertz CT molecular complexity index is 642. The van der Waals surface area contributed by atoms with E-state index in [1.165, 1.54) is 0 Å². The van der Waals surface area contributed by atoms with Gasteiger partial charge in [-0.1, -0.05) is 31.2 Å². The summed E-state index contributed by atoms with van der Waals surface area (Å²) in [5.41, 5.74) is 0.945. The third kappa shape index (κ3) is 1.57. The second-order valence-electron chi connectivity index (χ2n) is 4.58. The molecule has 1 N–H and O–H groups in total. The summed E-state index contributed by atoms with van der Waals surface area (Å²) in [6, 6.07) is 10.7. The fourth-order valence-electron chi connectivity index (χ4n) is 2.50. The Hall–Kier alpha value is -2.20. The Morgan fingerprint density at radius 2 is 1.58 bits per heavy atom. The number of aliphatic hydroxyl groups is 1. The molecule has 2 aromatic rings. The van der Waals surface area contributed by atoms with Crippen molar-refractivity contribution in [3.05, 3.63) is 47.5 Å². The molecule has 0 aromatic heterocycles. The van der Waals surface area contributed by atoms with Gasteiger partial charge in [0.1, 0.15) is 6.23 Å². The Morgan fingerprint density at radius 3 is 2.05 bits per heavy atom. The minimum Gasteiger partial charge on any atom is -0.373 e. The zero-order chi connectivity index (χ0) is 13.6. The minimum absolute atomic E-state index is 0.315. The molecule has 0 saturated carbocycles. The molecule has 3 rings (SSSR count). The number of carbonyl (C=O) groups is 2. The molecule has 4 nitrogen and oxygen atoms in total. The number of benzene rings is 2. The lowest BCUT2D eigenvalue weighted by Crippen LogP contribution is -2.46. The van der Waals surface area contributed by atoms with Crippen LogP contribution in [-0.4, -0.2) is 28.0 Å². The van der Waals surface area contributed by atoms with Crippen LogP contribution in [0.15, 0.2) is 36.4 Å². The van der Waals surface area contributed by atoms with Crippen LogP contribution in [0.25, 0.3) is 10.8 Å². The van der Waals surface area contributed by atoms with Crippen molar-refractivity contribution in [3.63, 3.8) is 0 Å². The van der Waals surface area contributed by atoms with Gasteiger partial charge in [0.25, 0.3) is 11.8 Å². The molecule has 0 aliphatic carbocycles. The highest BCUT2D eigenvalue weighted by molar-refractivity contribution is 6.25. The number of hydrogen-bond acceptors (Lipinski definition) is 3. The first-order valence-electron chi connectivity index (χ1n) is 6.23. The number of rotatable bonds is 2. The molecule has 1 heterocycles. The summed E-state index contributed by atoms with van der Waals surface area (Å²) in [6.07, 6.45) is -0.765. The van der Waals surface area contributed by atoms with Gasteiger partial charge in [-0.05, 0) is 23.9 Å². The van der Waals surface area contributed by atoms with Crippen molar-refractivity contribution >= 4 is 22.6 Å². The summed E-state index contributed by atoms with van der Waals surface area (Å²) in [5.74, 6) is -0.854. The summed E-state index contributed by atoms with van der Waals surface area (Å²) in [4.78, 5) is 25.7. The van der Waals surface area contributed by atoms with Gasteiger partial charge in [0.2, 0.25) is 0 Å². The summed E-state index contributed by atoms with van der Waals surface area (Å²) < 4.78 is 0. The van der Waals surface area contributed by atoms with Crippen LogP contribution in [0.3, 0.4) is 0 Å². The summed E-state index contributed by atoms with van der Waals surface area (Å²) in [5, 5.41) is 11.4. The molecule has 1 aliphatic heterocycles. The normalized spacial score (nSPS) is 16.0. The second-order valence-corrected chi connectivity index (χ2v) is 4.58. The highest BCUT2D eigenvalue weighted by Gasteiger charge is 2.35. The van der Waals surface area contributed by atoms with Crippen molar-refractivity contribution in [2.45, 2.75) is 19.6 Å². The average Bonchev–Trinajstić information content (AvgIpc) is 2.44. The lowest BCUT2D eigenvalue weighted by atomic mass is 9.94. The van der Waals surface area contributed by atoms with Crippen LogP contribution < -0.4 is 0 Å². The van der Waals surface area contributed by atoms with Crippen LogP contribution in [-0.2, 0) is 0 Å². The third-order valence-electron chi connectivity index (χ3n) is 3.47. The maximum absolute atomic E-state index is 12.4. The monoisotopic (exact) mass is 255 g/mol. The molecule has 2 aromatic carbocycles. The fourth-order valence-corrected chi connectivity index (χ4v) is 2.50. The molecule has 19 heavy (non-hydrogen) atoms. The first-order chi connectivity index (χ1) is 9.15. The molecule has 4 heteroatoms. The maximum atomic E-state index is 12.4. The lowest BCUT2D eigenvalue weighted by molar-refractivity contribution is 0.00841. The second kappa shape index (κ2) is 4.17. The van der Waals surface area contributed by atoms with Crippen LogP contribution >= 0.6 is 0 Å². The van der Waals surface area contributed by atoms with E-state index in [1.54, 1.807) is 31.2 Å². The highest BCUT2D eigenvalue weighted by atomic mass is 16.3. The molecule has 2 amide bonds. The number of aliphatic hydroxyl groups excluding tert-OH is 1. The van der Waals surface area contributed by atoms with E-state index in [4.69, 9.17) is 0 Å². The molecular formula is C15H13NO3. The van der Waals surface area contributed by atoms with Crippen LogP contribution in [0.1, 0.15) is 34.1 Å². The van der Waals surface area contributed by atoms with Crippen LogP contribution in [0.2, 0.25) is 0 Å². The maximum Gasteiger partial charge on any atom is 0.263 e. The third-order valence-corrected chi connectivity index (χ3v) is 3.47. The van der Waals surface area contributed by atoms with Gasteiger partial charge in [-0.15, -0.1) is 0 Å². The van der Waals surface area contributed by atoms with E-state index in [-0.39, 0.29) is 0 Å². The van der Waals surface area contributed by atoms with Crippen molar-refractivity contribution in [3.8, 4) is 0 Å². The number of hydrogen-bond donors (Lipinski definition) is 1. The van der Waals surface area contributed by atoms with Gasteiger partial charge >= 0.3 is 0 Å². The number of amides is 2. The van der Waals surface area contributed by atoms with Gasteiger partial charge in [-0.25, -0.2) is 4.90 Å². The number of imide groups is 1. The molecule has 96 valence electrons. The van der Waals surface area contributed by atoms with Crippen molar-refractivity contribution < 1.29 is 14.7 Å². The minimum atomic E-state index is -1.08. The molecular weight excluding hydrogens is 242 g/mol. The summed E-state index contributed by atoms with van der Waals surface area (Å²) in [6.45, 7) is 1.73.